The molecule has 4 rings (SSSR count). The van der Waals surface area contributed by atoms with E-state index < -0.39 is 0 Å². The fourth-order valence-electron chi connectivity index (χ4n) is 3.27. The highest BCUT2D eigenvalue weighted by atomic mass is 35.5. The summed E-state index contributed by atoms with van der Waals surface area (Å²) in [4.78, 5) is 11.8. The van der Waals surface area contributed by atoms with Crippen molar-refractivity contribution in [3.8, 4) is 17.1 Å². The van der Waals surface area contributed by atoms with E-state index in [2.05, 4.69) is 23.2 Å². The highest BCUT2D eigenvalue weighted by molar-refractivity contribution is 7.98. The lowest BCUT2D eigenvalue weighted by Crippen LogP contribution is -2.03. The normalized spacial score (nSPS) is 10.8. The van der Waals surface area contributed by atoms with Crippen molar-refractivity contribution in [2.24, 2.45) is 0 Å². The number of methoxy groups -OCH3 is 1. The second-order valence-electron chi connectivity index (χ2n) is 6.89. The summed E-state index contributed by atoms with van der Waals surface area (Å²) in [7, 11) is 1.38. The zero-order valence-corrected chi connectivity index (χ0v) is 18.7. The number of nitrogens with zero attached hydrogens (tertiary/aromatic N) is 3. The first-order valence-corrected chi connectivity index (χ1v) is 11.0. The summed E-state index contributed by atoms with van der Waals surface area (Å²) in [6, 6.07) is 23.1. The van der Waals surface area contributed by atoms with Gasteiger partial charge in [-0.15, -0.1) is 10.2 Å². The Hall–Kier alpha value is -3.09. The van der Waals surface area contributed by atoms with Gasteiger partial charge in [-0.25, -0.2) is 4.79 Å². The van der Waals surface area contributed by atoms with Gasteiger partial charge >= 0.3 is 5.97 Å². The van der Waals surface area contributed by atoms with E-state index in [0.29, 0.717) is 22.2 Å². The molecular weight excluding hydrogens is 430 g/mol. The van der Waals surface area contributed by atoms with Crippen LogP contribution in [-0.4, -0.2) is 27.8 Å². The molecule has 1 heterocycles. The molecule has 7 heteroatoms. The fraction of sp³-hybridized carbons (Fsp3) is 0.125. The largest absolute Gasteiger partial charge is 0.465 e. The van der Waals surface area contributed by atoms with Crippen LogP contribution in [0.1, 0.15) is 21.5 Å². The molecule has 0 saturated heterocycles. The maximum atomic E-state index is 11.8. The Bertz CT molecular complexity index is 1240. The van der Waals surface area contributed by atoms with Gasteiger partial charge in [0, 0.05) is 11.3 Å². The van der Waals surface area contributed by atoms with E-state index in [1.165, 1.54) is 7.11 Å². The molecule has 0 aliphatic rings. The number of aryl methyl sites for hydroxylation is 1. The third-order valence-electron chi connectivity index (χ3n) is 4.82. The number of para-hydroxylation sites is 1. The molecule has 0 N–H and O–H groups in total. The minimum Gasteiger partial charge on any atom is -0.465 e. The first-order valence-electron chi connectivity index (χ1n) is 9.65. The predicted octanol–water partition coefficient (Wildman–Crippen LogP) is 5.98. The van der Waals surface area contributed by atoms with Crippen molar-refractivity contribution in [2.75, 3.05) is 7.11 Å². The molecule has 3 aromatic carbocycles. The van der Waals surface area contributed by atoms with Crippen LogP contribution < -0.4 is 0 Å². The summed E-state index contributed by atoms with van der Waals surface area (Å²) >= 11 is 8.02. The van der Waals surface area contributed by atoms with Gasteiger partial charge < -0.3 is 4.74 Å². The van der Waals surface area contributed by atoms with Crippen molar-refractivity contribution in [3.63, 3.8) is 0 Å². The smallest absolute Gasteiger partial charge is 0.337 e. The number of halogens is 1. The van der Waals surface area contributed by atoms with Gasteiger partial charge in [-0.2, -0.15) is 0 Å². The number of esters is 1. The Kier molecular flexibility index (Phi) is 6.39. The van der Waals surface area contributed by atoms with Crippen LogP contribution in [0.3, 0.4) is 0 Å². The second kappa shape index (κ2) is 9.37. The Morgan fingerprint density at radius 3 is 2.58 bits per heavy atom. The summed E-state index contributed by atoms with van der Waals surface area (Å²) in [5, 5.41) is 10.3. The van der Waals surface area contributed by atoms with Crippen molar-refractivity contribution in [1.82, 2.24) is 14.8 Å². The molecule has 5 nitrogen and oxygen atoms in total. The SMILES string of the molecule is COC(=O)c1cccc(CSc2nnc(-c3ccccc3Cl)n2-c2ccccc2C)c1. The van der Waals surface area contributed by atoms with Crippen LogP contribution in [0.15, 0.2) is 78.0 Å². The average Bonchev–Trinajstić information content (AvgIpc) is 3.21. The number of hydrogen-bond donors (Lipinski definition) is 0. The molecule has 0 unspecified atom stereocenters. The lowest BCUT2D eigenvalue weighted by atomic mass is 10.1. The molecule has 0 bridgehead atoms. The molecule has 0 aliphatic heterocycles. The number of thioether (sulfide) groups is 1. The number of carbonyl (C=O) groups excluding carboxylic acids is 1. The Labute approximate surface area is 190 Å². The molecule has 0 aliphatic carbocycles. The Balaban J connectivity index is 1.73. The van der Waals surface area contributed by atoms with Crippen LogP contribution in [-0.2, 0) is 10.5 Å². The maximum absolute atomic E-state index is 11.8. The Morgan fingerprint density at radius 2 is 1.81 bits per heavy atom. The number of aromatic nitrogens is 3. The second-order valence-corrected chi connectivity index (χ2v) is 8.24. The lowest BCUT2D eigenvalue weighted by molar-refractivity contribution is 0.0600. The van der Waals surface area contributed by atoms with Gasteiger partial charge in [0.25, 0.3) is 0 Å². The van der Waals surface area contributed by atoms with Crippen molar-refractivity contribution in [2.45, 2.75) is 17.8 Å². The van der Waals surface area contributed by atoms with Crippen LogP contribution in [0, 0.1) is 6.92 Å². The molecule has 0 atom stereocenters. The number of carbonyl (C=O) groups is 1. The van der Waals surface area contributed by atoms with E-state index >= 15 is 0 Å². The van der Waals surface area contributed by atoms with E-state index in [1.807, 2.05) is 65.2 Å². The number of rotatable bonds is 6. The summed E-state index contributed by atoms with van der Waals surface area (Å²) < 4.78 is 6.86. The first kappa shape index (κ1) is 21.2. The molecule has 0 amide bonds. The van der Waals surface area contributed by atoms with Gasteiger partial charge in [0.2, 0.25) is 0 Å². The molecule has 31 heavy (non-hydrogen) atoms. The van der Waals surface area contributed by atoms with Crippen LogP contribution >= 0.6 is 23.4 Å². The topological polar surface area (TPSA) is 57.0 Å². The van der Waals surface area contributed by atoms with Crippen LogP contribution in [0.25, 0.3) is 17.1 Å². The van der Waals surface area contributed by atoms with Crippen LogP contribution in [0.2, 0.25) is 5.02 Å². The molecule has 0 fully saturated rings. The molecule has 4 aromatic rings. The van der Waals surface area contributed by atoms with E-state index in [4.69, 9.17) is 16.3 Å². The Morgan fingerprint density at radius 1 is 1.03 bits per heavy atom. The van der Waals surface area contributed by atoms with Gasteiger partial charge in [0.05, 0.1) is 23.4 Å². The zero-order chi connectivity index (χ0) is 21.8. The van der Waals surface area contributed by atoms with Crippen molar-refractivity contribution >= 4 is 29.3 Å². The minimum absolute atomic E-state index is 0.351. The number of benzene rings is 3. The summed E-state index contributed by atoms with van der Waals surface area (Å²) in [5.74, 6) is 0.957. The van der Waals surface area contributed by atoms with Gasteiger partial charge in [-0.1, -0.05) is 65.8 Å². The maximum Gasteiger partial charge on any atom is 0.337 e. The molecule has 1 aromatic heterocycles. The minimum atomic E-state index is -0.351. The van der Waals surface area contributed by atoms with Gasteiger partial charge in [-0.3, -0.25) is 4.57 Å². The van der Waals surface area contributed by atoms with Crippen LogP contribution in [0.4, 0.5) is 0 Å². The van der Waals surface area contributed by atoms with Gasteiger partial charge in [-0.05, 0) is 48.4 Å². The van der Waals surface area contributed by atoms with Crippen molar-refractivity contribution < 1.29 is 9.53 Å². The molecule has 0 spiro atoms. The van der Waals surface area contributed by atoms with E-state index in [-0.39, 0.29) is 5.97 Å². The highest BCUT2D eigenvalue weighted by Crippen LogP contribution is 2.33. The standard InChI is InChI=1S/C24H20ClN3O2S/c1-16-8-3-6-13-21(16)28-22(19-11-4-5-12-20(19)25)26-27-24(28)31-15-17-9-7-10-18(14-17)23(29)30-2/h3-14H,15H2,1-2H3. The zero-order valence-electron chi connectivity index (χ0n) is 17.1. The van der Waals surface area contributed by atoms with Crippen molar-refractivity contribution in [1.29, 1.82) is 0 Å². The summed E-state index contributed by atoms with van der Waals surface area (Å²) in [5.41, 5.74) is 4.43. The highest BCUT2D eigenvalue weighted by Gasteiger charge is 2.19. The number of ether oxygens (including phenoxy) is 1. The van der Waals surface area contributed by atoms with Crippen LogP contribution in [0.5, 0.6) is 0 Å². The van der Waals surface area contributed by atoms with Gasteiger partial charge in [0.1, 0.15) is 0 Å². The molecular formula is C24H20ClN3O2S. The summed E-state index contributed by atoms with van der Waals surface area (Å²) in [6.45, 7) is 2.06. The third-order valence-corrected chi connectivity index (χ3v) is 6.15. The third kappa shape index (κ3) is 4.50. The molecule has 0 radical (unpaired) electrons. The van der Waals surface area contributed by atoms with E-state index in [1.54, 1.807) is 17.8 Å². The summed E-state index contributed by atoms with van der Waals surface area (Å²) in [6.07, 6.45) is 0. The molecule has 0 saturated carbocycles. The van der Waals surface area contributed by atoms with E-state index in [0.717, 1.165) is 27.5 Å². The molecule has 156 valence electrons. The predicted molar refractivity (Wildman–Crippen MR) is 124 cm³/mol. The van der Waals surface area contributed by atoms with Gasteiger partial charge in [0.15, 0.2) is 11.0 Å². The van der Waals surface area contributed by atoms with E-state index in [9.17, 15) is 4.79 Å². The lowest BCUT2D eigenvalue weighted by Gasteiger charge is -2.13. The average molecular weight is 450 g/mol. The first-order chi connectivity index (χ1) is 15.1. The fourth-order valence-corrected chi connectivity index (χ4v) is 4.37. The monoisotopic (exact) mass is 449 g/mol. The van der Waals surface area contributed by atoms with Crippen molar-refractivity contribution in [3.05, 3.63) is 94.5 Å². The number of hydrogen-bond acceptors (Lipinski definition) is 5. The quantitative estimate of drug-likeness (QED) is 0.268.